The highest BCUT2D eigenvalue weighted by Gasteiger charge is 2.37. The molecule has 5 heteroatoms. The largest absolute Gasteiger partial charge is 0.443 e. The van der Waals surface area contributed by atoms with Crippen LogP contribution in [0.1, 0.15) is 33.6 Å². The summed E-state index contributed by atoms with van der Waals surface area (Å²) in [4.78, 5) is 13.9. The summed E-state index contributed by atoms with van der Waals surface area (Å²) in [5, 5.41) is 0. The maximum Gasteiger partial charge on any atom is 0.415 e. The SMILES string of the molecule is CC(C)(C)OC(=O)N(c1ccc(F)cc1I)C1CC1. The Bertz CT molecular complexity index is 495. The zero-order chi connectivity index (χ0) is 14.2. The minimum atomic E-state index is -0.532. The van der Waals surface area contributed by atoms with Gasteiger partial charge in [0.05, 0.1) is 5.69 Å². The molecule has 1 aromatic carbocycles. The number of hydrogen-bond donors (Lipinski definition) is 0. The molecule has 0 saturated heterocycles. The first kappa shape index (κ1) is 14.6. The van der Waals surface area contributed by atoms with Crippen molar-refractivity contribution < 1.29 is 13.9 Å². The second kappa shape index (κ2) is 5.26. The Kier molecular flexibility index (Phi) is 4.03. The van der Waals surface area contributed by atoms with E-state index in [0.29, 0.717) is 0 Å². The fourth-order valence-corrected chi connectivity index (χ4v) is 2.50. The van der Waals surface area contributed by atoms with Crippen LogP contribution in [0.25, 0.3) is 0 Å². The number of nitrogens with zero attached hydrogens (tertiary/aromatic N) is 1. The van der Waals surface area contributed by atoms with Crippen LogP contribution in [-0.2, 0) is 4.74 Å². The molecule has 0 radical (unpaired) electrons. The number of benzene rings is 1. The van der Waals surface area contributed by atoms with E-state index in [-0.39, 0.29) is 18.0 Å². The summed E-state index contributed by atoms with van der Waals surface area (Å²) in [5.74, 6) is -0.298. The highest BCUT2D eigenvalue weighted by atomic mass is 127. The lowest BCUT2D eigenvalue weighted by atomic mass is 10.2. The molecule has 1 aromatic rings. The van der Waals surface area contributed by atoms with Crippen molar-refractivity contribution >= 4 is 34.4 Å². The van der Waals surface area contributed by atoms with Crippen molar-refractivity contribution in [2.24, 2.45) is 0 Å². The van der Waals surface area contributed by atoms with Gasteiger partial charge in [-0.3, -0.25) is 4.90 Å². The lowest BCUT2D eigenvalue weighted by Crippen LogP contribution is -2.38. The van der Waals surface area contributed by atoms with Gasteiger partial charge in [0.25, 0.3) is 0 Å². The van der Waals surface area contributed by atoms with Gasteiger partial charge in [0.15, 0.2) is 0 Å². The minimum absolute atomic E-state index is 0.175. The van der Waals surface area contributed by atoms with Crippen LogP contribution in [0.5, 0.6) is 0 Å². The van der Waals surface area contributed by atoms with Crippen LogP contribution in [0.2, 0.25) is 0 Å². The Morgan fingerprint density at radius 3 is 2.53 bits per heavy atom. The van der Waals surface area contributed by atoms with Crippen LogP contribution in [-0.4, -0.2) is 17.7 Å². The van der Waals surface area contributed by atoms with Crippen molar-refractivity contribution in [3.8, 4) is 0 Å². The third-order valence-electron chi connectivity index (χ3n) is 2.67. The van der Waals surface area contributed by atoms with Gasteiger partial charge in [0.1, 0.15) is 11.4 Å². The number of carbonyl (C=O) groups excluding carboxylic acids is 1. The van der Waals surface area contributed by atoms with Crippen molar-refractivity contribution in [3.05, 3.63) is 27.6 Å². The molecular weight excluding hydrogens is 360 g/mol. The topological polar surface area (TPSA) is 29.5 Å². The summed E-state index contributed by atoms with van der Waals surface area (Å²) in [6, 6.07) is 4.61. The standard InChI is InChI=1S/C14H17FINO2/c1-14(2,3)19-13(18)17(10-5-6-10)12-7-4-9(15)8-11(12)16/h4,7-8,10H,5-6H2,1-3H3. The Hall–Kier alpha value is -0.850. The second-order valence-electron chi connectivity index (χ2n) is 5.68. The molecule has 3 nitrogen and oxygen atoms in total. The third kappa shape index (κ3) is 3.81. The molecule has 0 bridgehead atoms. The molecule has 1 amide bonds. The molecule has 0 heterocycles. The number of rotatable bonds is 2. The summed E-state index contributed by atoms with van der Waals surface area (Å²) in [6.45, 7) is 5.52. The normalized spacial score (nSPS) is 15.2. The van der Waals surface area contributed by atoms with E-state index in [9.17, 15) is 9.18 Å². The quantitative estimate of drug-likeness (QED) is 0.718. The fraction of sp³-hybridized carbons (Fsp3) is 0.500. The zero-order valence-corrected chi connectivity index (χ0v) is 13.4. The van der Waals surface area contributed by atoms with Crippen LogP contribution >= 0.6 is 22.6 Å². The van der Waals surface area contributed by atoms with Gasteiger partial charge in [-0.15, -0.1) is 0 Å². The van der Waals surface area contributed by atoms with Gasteiger partial charge in [0, 0.05) is 9.61 Å². The second-order valence-corrected chi connectivity index (χ2v) is 6.84. The first-order valence-corrected chi connectivity index (χ1v) is 7.33. The Balaban J connectivity index is 2.27. The molecule has 0 aliphatic heterocycles. The van der Waals surface area contributed by atoms with E-state index in [4.69, 9.17) is 4.74 Å². The van der Waals surface area contributed by atoms with Crippen LogP contribution in [0, 0.1) is 9.39 Å². The van der Waals surface area contributed by atoms with Crippen molar-refractivity contribution in [3.63, 3.8) is 0 Å². The molecular formula is C14H17FINO2. The predicted octanol–water partition coefficient (Wildman–Crippen LogP) is 4.33. The predicted molar refractivity (Wildman–Crippen MR) is 80.9 cm³/mol. The van der Waals surface area contributed by atoms with Gasteiger partial charge >= 0.3 is 6.09 Å². The molecule has 2 rings (SSSR count). The Morgan fingerprint density at radius 2 is 2.05 bits per heavy atom. The maximum absolute atomic E-state index is 13.2. The van der Waals surface area contributed by atoms with Crippen molar-refractivity contribution in [1.29, 1.82) is 0 Å². The third-order valence-corrected chi connectivity index (χ3v) is 3.54. The molecule has 19 heavy (non-hydrogen) atoms. The van der Waals surface area contributed by atoms with Crippen molar-refractivity contribution in [2.75, 3.05) is 4.90 Å². The molecule has 1 fully saturated rings. The van der Waals surface area contributed by atoms with E-state index in [1.165, 1.54) is 12.1 Å². The van der Waals surface area contributed by atoms with Crippen LogP contribution in [0.15, 0.2) is 18.2 Å². The minimum Gasteiger partial charge on any atom is -0.443 e. The van der Waals surface area contributed by atoms with Crippen LogP contribution < -0.4 is 4.90 Å². The number of amides is 1. The molecule has 0 aromatic heterocycles. The van der Waals surface area contributed by atoms with Gasteiger partial charge in [-0.2, -0.15) is 0 Å². The van der Waals surface area contributed by atoms with Crippen molar-refractivity contribution in [2.45, 2.75) is 45.3 Å². The van der Waals surface area contributed by atoms with E-state index in [2.05, 4.69) is 0 Å². The monoisotopic (exact) mass is 377 g/mol. The average molecular weight is 377 g/mol. The van der Waals surface area contributed by atoms with E-state index in [1.807, 2.05) is 43.4 Å². The Labute approximate surface area is 126 Å². The summed E-state index contributed by atoms with van der Waals surface area (Å²) < 4.78 is 19.3. The van der Waals surface area contributed by atoms with E-state index < -0.39 is 5.60 Å². The summed E-state index contributed by atoms with van der Waals surface area (Å²) in [7, 11) is 0. The van der Waals surface area contributed by atoms with Gasteiger partial charge in [-0.05, 0) is 74.4 Å². The van der Waals surface area contributed by atoms with E-state index >= 15 is 0 Å². The van der Waals surface area contributed by atoms with E-state index in [0.717, 1.165) is 22.1 Å². The highest BCUT2D eigenvalue weighted by molar-refractivity contribution is 14.1. The number of ether oxygens (including phenoxy) is 1. The molecule has 0 atom stereocenters. The van der Waals surface area contributed by atoms with Gasteiger partial charge in [-0.1, -0.05) is 0 Å². The summed E-state index contributed by atoms with van der Waals surface area (Å²) in [5.41, 5.74) is 0.189. The molecule has 1 aliphatic carbocycles. The Morgan fingerprint density at radius 1 is 1.42 bits per heavy atom. The molecule has 1 saturated carbocycles. The number of halogens is 2. The summed E-state index contributed by atoms with van der Waals surface area (Å²) >= 11 is 2.04. The number of carbonyl (C=O) groups is 1. The zero-order valence-electron chi connectivity index (χ0n) is 11.2. The lowest BCUT2D eigenvalue weighted by Gasteiger charge is -2.28. The highest BCUT2D eigenvalue weighted by Crippen LogP contribution is 2.35. The average Bonchev–Trinajstić information content (AvgIpc) is 3.03. The number of hydrogen-bond acceptors (Lipinski definition) is 2. The summed E-state index contributed by atoms with van der Waals surface area (Å²) in [6.07, 6.45) is 1.57. The van der Waals surface area contributed by atoms with E-state index in [1.54, 1.807) is 11.0 Å². The van der Waals surface area contributed by atoms with Crippen LogP contribution in [0.4, 0.5) is 14.9 Å². The first-order chi connectivity index (χ1) is 8.78. The molecule has 0 N–H and O–H groups in total. The van der Waals surface area contributed by atoms with Crippen LogP contribution in [0.3, 0.4) is 0 Å². The van der Waals surface area contributed by atoms with Gasteiger partial charge in [0.2, 0.25) is 0 Å². The smallest absolute Gasteiger partial charge is 0.415 e. The fourth-order valence-electron chi connectivity index (χ4n) is 1.76. The van der Waals surface area contributed by atoms with Gasteiger partial charge in [-0.25, -0.2) is 9.18 Å². The van der Waals surface area contributed by atoms with Crippen molar-refractivity contribution in [1.82, 2.24) is 0 Å². The molecule has 1 aliphatic rings. The molecule has 0 unspecified atom stereocenters. The lowest BCUT2D eigenvalue weighted by molar-refractivity contribution is 0.0577. The number of anilines is 1. The molecule has 104 valence electrons. The van der Waals surface area contributed by atoms with Gasteiger partial charge < -0.3 is 4.74 Å². The molecule has 0 spiro atoms. The first-order valence-electron chi connectivity index (χ1n) is 6.25. The maximum atomic E-state index is 13.2.